The molecule has 230 valence electrons. The van der Waals surface area contributed by atoms with E-state index in [9.17, 15) is 14.4 Å². The molecule has 0 spiro atoms. The topological polar surface area (TPSA) is 140 Å². The highest BCUT2D eigenvalue weighted by Gasteiger charge is 2.19. The van der Waals surface area contributed by atoms with Crippen molar-refractivity contribution in [3.63, 3.8) is 0 Å². The van der Waals surface area contributed by atoms with Gasteiger partial charge in [-0.2, -0.15) is 0 Å². The first kappa shape index (κ1) is 37.3. The van der Waals surface area contributed by atoms with E-state index >= 15 is 0 Å². The summed E-state index contributed by atoms with van der Waals surface area (Å²) in [5.74, 6) is -1.11. The van der Waals surface area contributed by atoms with E-state index in [2.05, 4.69) is 0 Å². The summed E-state index contributed by atoms with van der Waals surface area (Å²) in [4.78, 5) is 36.7. The molecule has 0 atom stereocenters. The van der Waals surface area contributed by atoms with Gasteiger partial charge in [0, 0.05) is 39.1 Å². The van der Waals surface area contributed by atoms with E-state index in [4.69, 9.17) is 29.5 Å². The van der Waals surface area contributed by atoms with Gasteiger partial charge in [0.15, 0.2) is 6.10 Å². The second-order valence-electron chi connectivity index (χ2n) is 10.3. The van der Waals surface area contributed by atoms with Crippen molar-refractivity contribution in [3.8, 4) is 0 Å². The van der Waals surface area contributed by atoms with Gasteiger partial charge >= 0.3 is 17.9 Å². The Hall–Kier alpha value is -1.71. The third kappa shape index (κ3) is 27.6. The third-order valence-electron chi connectivity index (χ3n) is 6.53. The molecule has 0 saturated heterocycles. The summed E-state index contributed by atoms with van der Waals surface area (Å²) in [5.41, 5.74) is 0. The highest BCUT2D eigenvalue weighted by Crippen LogP contribution is 2.11. The highest BCUT2D eigenvalue weighted by atomic mass is 16.6. The molecule has 0 aromatic carbocycles. The lowest BCUT2D eigenvalue weighted by Gasteiger charge is -2.18. The van der Waals surface area contributed by atoms with Crippen molar-refractivity contribution in [1.82, 2.24) is 0 Å². The first-order chi connectivity index (χ1) is 19.0. The van der Waals surface area contributed by atoms with Crippen molar-refractivity contribution in [2.45, 2.75) is 141 Å². The fourth-order valence-electron chi connectivity index (χ4n) is 4.14. The standard InChI is InChI=1S/C30H56O9/c31-22-16-10-4-1-7-13-19-28(34)37-25-27(39-30(36)21-15-9-3-6-12-18-24-33)26-38-29(35)20-14-8-2-5-11-17-23-32/h27,31-33H,1-26H2. The summed E-state index contributed by atoms with van der Waals surface area (Å²) in [6.07, 6.45) is 16.3. The average Bonchev–Trinajstić information content (AvgIpc) is 2.93. The summed E-state index contributed by atoms with van der Waals surface area (Å²) in [6, 6.07) is 0. The van der Waals surface area contributed by atoms with E-state index in [1.807, 2.05) is 0 Å². The Kier molecular flexibility index (Phi) is 28.0. The van der Waals surface area contributed by atoms with Gasteiger partial charge in [0.25, 0.3) is 0 Å². The Bertz CT molecular complexity index is 549. The summed E-state index contributed by atoms with van der Waals surface area (Å²) in [5, 5.41) is 26.4. The van der Waals surface area contributed by atoms with Gasteiger partial charge in [0.1, 0.15) is 13.2 Å². The molecule has 0 unspecified atom stereocenters. The van der Waals surface area contributed by atoms with E-state index in [0.29, 0.717) is 6.42 Å². The zero-order chi connectivity index (χ0) is 28.8. The quantitative estimate of drug-likeness (QED) is 0.0643. The molecule has 0 aliphatic heterocycles. The fourth-order valence-corrected chi connectivity index (χ4v) is 4.14. The van der Waals surface area contributed by atoms with Crippen LogP contribution in [0.2, 0.25) is 0 Å². The van der Waals surface area contributed by atoms with Gasteiger partial charge in [-0.1, -0.05) is 77.0 Å². The molecule has 0 fully saturated rings. The smallest absolute Gasteiger partial charge is 0.306 e. The predicted molar refractivity (Wildman–Crippen MR) is 150 cm³/mol. The monoisotopic (exact) mass is 560 g/mol. The molecule has 0 aromatic rings. The molecule has 0 aliphatic rings. The highest BCUT2D eigenvalue weighted by molar-refractivity contribution is 5.71. The second-order valence-corrected chi connectivity index (χ2v) is 10.3. The maximum Gasteiger partial charge on any atom is 0.306 e. The lowest BCUT2D eigenvalue weighted by atomic mass is 10.1. The molecule has 0 saturated carbocycles. The maximum atomic E-state index is 12.3. The summed E-state index contributed by atoms with van der Waals surface area (Å²) in [6.45, 7) is 0.357. The number of esters is 3. The molecule has 39 heavy (non-hydrogen) atoms. The Morgan fingerprint density at radius 3 is 1.03 bits per heavy atom. The van der Waals surface area contributed by atoms with Gasteiger partial charge in [0.2, 0.25) is 0 Å². The van der Waals surface area contributed by atoms with Crippen LogP contribution >= 0.6 is 0 Å². The zero-order valence-electron chi connectivity index (χ0n) is 24.3. The van der Waals surface area contributed by atoms with E-state index < -0.39 is 12.1 Å². The molecule has 0 heterocycles. The second kappa shape index (κ2) is 29.3. The molecule has 0 aliphatic carbocycles. The lowest BCUT2D eigenvalue weighted by Crippen LogP contribution is -2.30. The molecular weight excluding hydrogens is 504 g/mol. The minimum atomic E-state index is -0.827. The third-order valence-corrected chi connectivity index (χ3v) is 6.53. The SMILES string of the molecule is O=C(CCCCCCCCO)OCC(COC(=O)CCCCCCCCO)OC(=O)CCCCCCCCO. The van der Waals surface area contributed by atoms with Crippen LogP contribution in [-0.4, -0.2) is 72.4 Å². The minimum Gasteiger partial charge on any atom is -0.462 e. The number of unbranched alkanes of at least 4 members (excludes halogenated alkanes) is 15. The lowest BCUT2D eigenvalue weighted by molar-refractivity contribution is -0.167. The van der Waals surface area contributed by atoms with E-state index in [1.54, 1.807) is 0 Å². The fraction of sp³-hybridized carbons (Fsp3) is 0.900. The molecule has 0 rings (SSSR count). The van der Waals surface area contributed by atoms with E-state index in [0.717, 1.165) is 109 Å². The Balaban J connectivity index is 4.36. The molecule has 9 heteroatoms. The van der Waals surface area contributed by atoms with Crippen LogP contribution in [0.25, 0.3) is 0 Å². The number of ether oxygens (including phenoxy) is 3. The molecule has 0 bridgehead atoms. The van der Waals surface area contributed by atoms with Gasteiger partial charge in [-0.05, 0) is 38.5 Å². The van der Waals surface area contributed by atoms with Gasteiger partial charge in [-0.3, -0.25) is 14.4 Å². The molecule has 9 nitrogen and oxygen atoms in total. The summed E-state index contributed by atoms with van der Waals surface area (Å²) in [7, 11) is 0. The minimum absolute atomic E-state index is 0.139. The number of aliphatic hydroxyl groups is 3. The molecular formula is C30H56O9. The molecule has 3 N–H and O–H groups in total. The zero-order valence-corrected chi connectivity index (χ0v) is 24.3. The largest absolute Gasteiger partial charge is 0.462 e. The maximum absolute atomic E-state index is 12.3. The van der Waals surface area contributed by atoms with Crippen molar-refractivity contribution >= 4 is 17.9 Å². The molecule has 0 amide bonds. The Morgan fingerprint density at radius 2 is 0.692 bits per heavy atom. The van der Waals surface area contributed by atoms with Gasteiger partial charge in [0.05, 0.1) is 0 Å². The first-order valence-electron chi connectivity index (χ1n) is 15.4. The number of hydrogen-bond acceptors (Lipinski definition) is 9. The van der Waals surface area contributed by atoms with Crippen molar-refractivity contribution in [2.24, 2.45) is 0 Å². The number of rotatable bonds is 29. The number of carbonyl (C=O) groups is 3. The van der Waals surface area contributed by atoms with E-state index in [-0.39, 0.29) is 64.2 Å². The van der Waals surface area contributed by atoms with Crippen molar-refractivity contribution in [3.05, 3.63) is 0 Å². The van der Waals surface area contributed by atoms with Crippen LogP contribution in [0.1, 0.15) is 135 Å². The van der Waals surface area contributed by atoms with Crippen molar-refractivity contribution in [1.29, 1.82) is 0 Å². The number of aliphatic hydroxyl groups excluding tert-OH is 3. The molecule has 0 radical (unpaired) electrons. The van der Waals surface area contributed by atoms with E-state index in [1.165, 1.54) is 0 Å². The van der Waals surface area contributed by atoms with Crippen LogP contribution in [0.15, 0.2) is 0 Å². The summed E-state index contributed by atoms with van der Waals surface area (Å²) < 4.78 is 16.1. The van der Waals surface area contributed by atoms with Crippen LogP contribution in [0, 0.1) is 0 Å². The first-order valence-corrected chi connectivity index (χ1v) is 15.4. The van der Waals surface area contributed by atoms with Crippen LogP contribution in [0.3, 0.4) is 0 Å². The van der Waals surface area contributed by atoms with Gasteiger partial charge in [-0.15, -0.1) is 0 Å². The van der Waals surface area contributed by atoms with Crippen molar-refractivity contribution < 1.29 is 43.9 Å². The Labute approximate surface area is 236 Å². The molecule has 0 aromatic heterocycles. The number of carbonyl (C=O) groups excluding carboxylic acids is 3. The van der Waals surface area contributed by atoms with Crippen molar-refractivity contribution in [2.75, 3.05) is 33.0 Å². The summed E-state index contributed by atoms with van der Waals surface area (Å²) >= 11 is 0. The Morgan fingerprint density at radius 1 is 0.410 bits per heavy atom. The predicted octanol–water partition coefficient (Wildman–Crippen LogP) is 5.15. The number of hydrogen-bond donors (Lipinski definition) is 3. The van der Waals surface area contributed by atoms with Crippen LogP contribution < -0.4 is 0 Å². The van der Waals surface area contributed by atoms with Gasteiger partial charge < -0.3 is 29.5 Å². The normalized spacial score (nSPS) is 11.1. The van der Waals surface area contributed by atoms with Crippen LogP contribution in [-0.2, 0) is 28.6 Å². The average molecular weight is 561 g/mol. The van der Waals surface area contributed by atoms with Gasteiger partial charge in [-0.25, -0.2) is 0 Å². The van der Waals surface area contributed by atoms with Crippen LogP contribution in [0.5, 0.6) is 0 Å². The van der Waals surface area contributed by atoms with Crippen LogP contribution in [0.4, 0.5) is 0 Å².